The van der Waals surface area contributed by atoms with Crippen molar-refractivity contribution in [2.24, 2.45) is 0 Å². The molecular formula is C24H32N4O3. The molecule has 1 aliphatic carbocycles. The molecule has 1 saturated carbocycles. The van der Waals surface area contributed by atoms with E-state index in [-0.39, 0.29) is 6.09 Å². The standard InChI is InChI=1S/C24H32N4O3/c1-2-3-11-31-24(29)26-17-21-16-18(7-8-25-21)19-14-20(15-19)22-5-4-6-23(27-22)28-9-12-30-13-10-28/h4-8,16,19-20H,2-3,9-15,17H2,1H3,(H,26,29). The molecule has 2 aromatic heterocycles. The Labute approximate surface area is 184 Å². The Balaban J connectivity index is 1.29. The number of amides is 1. The van der Waals surface area contributed by atoms with Crippen LogP contribution in [0.3, 0.4) is 0 Å². The van der Waals surface area contributed by atoms with Crippen LogP contribution in [-0.2, 0) is 16.0 Å². The highest BCUT2D eigenvalue weighted by Crippen LogP contribution is 2.47. The third kappa shape index (κ3) is 5.73. The fourth-order valence-corrected chi connectivity index (χ4v) is 4.14. The summed E-state index contributed by atoms with van der Waals surface area (Å²) in [6.07, 6.45) is 5.53. The van der Waals surface area contributed by atoms with Crippen molar-refractivity contribution in [2.75, 3.05) is 37.8 Å². The van der Waals surface area contributed by atoms with E-state index in [9.17, 15) is 4.79 Å². The molecule has 0 bridgehead atoms. The number of pyridine rings is 2. The van der Waals surface area contributed by atoms with Crippen LogP contribution in [0.2, 0.25) is 0 Å². The summed E-state index contributed by atoms with van der Waals surface area (Å²) in [6.45, 7) is 6.27. The summed E-state index contributed by atoms with van der Waals surface area (Å²) in [5, 5.41) is 2.78. The van der Waals surface area contributed by atoms with Crippen molar-refractivity contribution in [3.8, 4) is 0 Å². The van der Waals surface area contributed by atoms with Gasteiger partial charge in [-0.25, -0.2) is 9.78 Å². The van der Waals surface area contributed by atoms with Crippen molar-refractivity contribution in [3.63, 3.8) is 0 Å². The number of aromatic nitrogens is 2. The van der Waals surface area contributed by atoms with E-state index in [2.05, 4.69) is 52.5 Å². The van der Waals surface area contributed by atoms with Gasteiger partial charge in [0, 0.05) is 30.9 Å². The molecule has 1 aliphatic heterocycles. The van der Waals surface area contributed by atoms with E-state index >= 15 is 0 Å². The first-order chi connectivity index (χ1) is 15.2. The molecule has 7 nitrogen and oxygen atoms in total. The van der Waals surface area contributed by atoms with Crippen LogP contribution in [0.5, 0.6) is 0 Å². The first kappa shape index (κ1) is 21.6. The maximum Gasteiger partial charge on any atom is 0.407 e. The minimum Gasteiger partial charge on any atom is -0.450 e. The predicted octanol–water partition coefficient (Wildman–Crippen LogP) is 4.00. The number of morpholine rings is 1. The van der Waals surface area contributed by atoms with Gasteiger partial charge in [-0.1, -0.05) is 19.4 Å². The Kier molecular flexibility index (Phi) is 7.35. The molecule has 0 aromatic carbocycles. The second-order valence-corrected chi connectivity index (χ2v) is 8.31. The van der Waals surface area contributed by atoms with Crippen molar-refractivity contribution in [2.45, 2.75) is 51.0 Å². The van der Waals surface area contributed by atoms with E-state index < -0.39 is 0 Å². The molecule has 0 atom stereocenters. The van der Waals surface area contributed by atoms with Gasteiger partial charge in [0.1, 0.15) is 5.82 Å². The van der Waals surface area contributed by atoms with Gasteiger partial charge in [-0.3, -0.25) is 4.98 Å². The van der Waals surface area contributed by atoms with Crippen molar-refractivity contribution >= 4 is 11.9 Å². The van der Waals surface area contributed by atoms with Gasteiger partial charge in [-0.2, -0.15) is 0 Å². The lowest BCUT2D eigenvalue weighted by molar-refractivity contribution is 0.122. The third-order valence-electron chi connectivity index (χ3n) is 6.10. The van der Waals surface area contributed by atoms with Crippen LogP contribution in [0, 0.1) is 0 Å². The normalized spacial score (nSPS) is 20.7. The topological polar surface area (TPSA) is 76.6 Å². The summed E-state index contributed by atoms with van der Waals surface area (Å²) in [5.41, 5.74) is 3.33. The highest BCUT2D eigenvalue weighted by Gasteiger charge is 2.32. The van der Waals surface area contributed by atoms with Crippen LogP contribution < -0.4 is 10.2 Å². The van der Waals surface area contributed by atoms with E-state index in [1.54, 1.807) is 0 Å². The maximum atomic E-state index is 11.7. The van der Waals surface area contributed by atoms with Gasteiger partial charge < -0.3 is 19.7 Å². The fourth-order valence-electron chi connectivity index (χ4n) is 4.14. The van der Waals surface area contributed by atoms with E-state index in [1.165, 1.54) is 11.3 Å². The van der Waals surface area contributed by atoms with Crippen molar-refractivity contribution in [1.82, 2.24) is 15.3 Å². The number of hydrogen-bond acceptors (Lipinski definition) is 6. The molecule has 1 amide bonds. The first-order valence-electron chi connectivity index (χ1n) is 11.4. The molecule has 7 heteroatoms. The Bertz CT molecular complexity index is 863. The number of nitrogens with one attached hydrogen (secondary N) is 1. The molecule has 0 radical (unpaired) electrons. The highest BCUT2D eigenvalue weighted by atomic mass is 16.5. The number of nitrogens with zero attached hydrogens (tertiary/aromatic N) is 3. The van der Waals surface area contributed by atoms with Crippen LogP contribution in [0.25, 0.3) is 0 Å². The SMILES string of the molecule is CCCCOC(=O)NCc1cc(C2CC(c3cccc(N4CCOCC4)n3)C2)ccn1. The highest BCUT2D eigenvalue weighted by molar-refractivity contribution is 5.67. The number of carbonyl (C=O) groups is 1. The number of carbonyl (C=O) groups excluding carboxylic acids is 1. The lowest BCUT2D eigenvalue weighted by Crippen LogP contribution is -2.37. The second kappa shape index (κ2) is 10.6. The number of anilines is 1. The number of alkyl carbamates (subject to hydrolysis) is 1. The monoisotopic (exact) mass is 424 g/mol. The quantitative estimate of drug-likeness (QED) is 0.646. The molecule has 1 N–H and O–H groups in total. The van der Waals surface area contributed by atoms with Crippen molar-refractivity contribution < 1.29 is 14.3 Å². The molecule has 2 aromatic rings. The Hall–Kier alpha value is -2.67. The molecule has 0 spiro atoms. The Morgan fingerprint density at radius 2 is 2.06 bits per heavy atom. The smallest absolute Gasteiger partial charge is 0.407 e. The molecule has 2 aliphatic rings. The van der Waals surface area contributed by atoms with E-state index in [0.717, 1.165) is 63.5 Å². The molecule has 0 unspecified atom stereocenters. The maximum absolute atomic E-state index is 11.7. The van der Waals surface area contributed by atoms with E-state index in [1.807, 2.05) is 6.20 Å². The number of hydrogen-bond donors (Lipinski definition) is 1. The largest absolute Gasteiger partial charge is 0.450 e. The Morgan fingerprint density at radius 1 is 1.23 bits per heavy atom. The molecule has 1 saturated heterocycles. The first-order valence-corrected chi connectivity index (χ1v) is 11.4. The zero-order chi connectivity index (χ0) is 21.5. The van der Waals surface area contributed by atoms with Gasteiger partial charge in [-0.15, -0.1) is 0 Å². The van der Waals surface area contributed by atoms with E-state index in [0.29, 0.717) is 25.0 Å². The minimum atomic E-state index is -0.379. The summed E-state index contributed by atoms with van der Waals surface area (Å²) in [5.74, 6) is 2.07. The van der Waals surface area contributed by atoms with Crippen LogP contribution in [-0.4, -0.2) is 49.0 Å². The summed E-state index contributed by atoms with van der Waals surface area (Å²) >= 11 is 0. The van der Waals surface area contributed by atoms with Gasteiger partial charge >= 0.3 is 6.09 Å². The van der Waals surface area contributed by atoms with Crippen LogP contribution in [0.1, 0.15) is 61.4 Å². The van der Waals surface area contributed by atoms with Crippen LogP contribution >= 0.6 is 0 Å². The fraction of sp³-hybridized carbons (Fsp3) is 0.542. The Morgan fingerprint density at radius 3 is 2.87 bits per heavy atom. The predicted molar refractivity (Wildman–Crippen MR) is 119 cm³/mol. The molecule has 31 heavy (non-hydrogen) atoms. The summed E-state index contributed by atoms with van der Waals surface area (Å²) in [6, 6.07) is 10.6. The number of unbranched alkanes of at least 4 members (excludes halogenated alkanes) is 1. The third-order valence-corrected chi connectivity index (χ3v) is 6.10. The molecular weight excluding hydrogens is 392 g/mol. The van der Waals surface area contributed by atoms with Gasteiger partial charge in [-0.05, 0) is 55.0 Å². The lowest BCUT2D eigenvalue weighted by atomic mass is 9.70. The summed E-state index contributed by atoms with van der Waals surface area (Å²) < 4.78 is 10.6. The second-order valence-electron chi connectivity index (χ2n) is 8.31. The van der Waals surface area contributed by atoms with Crippen molar-refractivity contribution in [1.29, 1.82) is 0 Å². The number of ether oxygens (including phenoxy) is 2. The lowest BCUT2D eigenvalue weighted by Gasteiger charge is -2.36. The van der Waals surface area contributed by atoms with Gasteiger partial charge in [0.15, 0.2) is 0 Å². The summed E-state index contributed by atoms with van der Waals surface area (Å²) in [7, 11) is 0. The van der Waals surface area contributed by atoms with Crippen molar-refractivity contribution in [3.05, 3.63) is 53.5 Å². The average molecular weight is 425 g/mol. The average Bonchev–Trinajstić information content (AvgIpc) is 2.78. The number of rotatable bonds is 8. The zero-order valence-corrected chi connectivity index (χ0v) is 18.3. The zero-order valence-electron chi connectivity index (χ0n) is 18.3. The molecule has 166 valence electrons. The van der Waals surface area contributed by atoms with Crippen LogP contribution in [0.15, 0.2) is 36.5 Å². The van der Waals surface area contributed by atoms with Crippen LogP contribution in [0.4, 0.5) is 10.6 Å². The summed E-state index contributed by atoms with van der Waals surface area (Å²) in [4.78, 5) is 23.4. The van der Waals surface area contributed by atoms with Gasteiger partial charge in [0.05, 0.1) is 32.1 Å². The van der Waals surface area contributed by atoms with E-state index in [4.69, 9.17) is 14.5 Å². The molecule has 4 rings (SSSR count). The van der Waals surface area contributed by atoms with Gasteiger partial charge in [0.25, 0.3) is 0 Å². The van der Waals surface area contributed by atoms with Gasteiger partial charge in [0.2, 0.25) is 0 Å². The minimum absolute atomic E-state index is 0.379. The molecule has 2 fully saturated rings. The molecule has 3 heterocycles.